The molecule has 0 atom stereocenters. The van der Waals surface area contributed by atoms with Crippen molar-refractivity contribution in [3.63, 3.8) is 0 Å². The number of hydrogen-bond acceptors (Lipinski definition) is 15. The fourth-order valence-electron chi connectivity index (χ4n) is 3.88. The highest BCUT2D eigenvalue weighted by atomic mass is 32.3. The fourth-order valence-corrected chi connectivity index (χ4v) is 6.27. The van der Waals surface area contributed by atoms with E-state index in [4.69, 9.17) is 4.55 Å². The van der Waals surface area contributed by atoms with Crippen LogP contribution in [0.4, 0.5) is 23.0 Å². The number of benzene rings is 2. The minimum Gasteiger partial charge on any atom is -0.368 e. The van der Waals surface area contributed by atoms with Gasteiger partial charge in [0.05, 0.1) is 17.9 Å². The number of pyridine rings is 1. The Labute approximate surface area is 257 Å². The largest absolute Gasteiger partial charge is 0.397 e. The molecular weight excluding hydrogens is 681 g/mol. The molecule has 1 heterocycles. The molecule has 0 amide bonds. The van der Waals surface area contributed by atoms with E-state index in [1.54, 1.807) is 0 Å². The van der Waals surface area contributed by atoms with Gasteiger partial charge in [-0.15, -0.1) is 10.2 Å². The third-order valence-corrected chi connectivity index (χ3v) is 9.43. The lowest BCUT2D eigenvalue weighted by molar-refractivity contribution is 0.278. The van der Waals surface area contributed by atoms with Gasteiger partial charge in [0.1, 0.15) is 33.1 Å². The second-order valence-corrected chi connectivity index (χ2v) is 14.7. The molecular formula is C23H24N6O12S4. The molecule has 0 aliphatic heterocycles. The Balaban J connectivity index is 2.19. The summed E-state index contributed by atoms with van der Waals surface area (Å²) < 4.78 is 126. The zero-order valence-electron chi connectivity index (χ0n) is 22.9. The number of fused-ring (bicyclic) bond motifs is 1. The van der Waals surface area contributed by atoms with Crippen molar-refractivity contribution in [3.8, 4) is 6.07 Å². The van der Waals surface area contributed by atoms with Crippen molar-refractivity contribution in [2.24, 2.45) is 10.2 Å². The van der Waals surface area contributed by atoms with Gasteiger partial charge in [-0.3, -0.25) is 13.7 Å². The van der Waals surface area contributed by atoms with Crippen LogP contribution in [0.1, 0.15) is 11.1 Å². The van der Waals surface area contributed by atoms with E-state index in [-0.39, 0.29) is 52.3 Å². The summed E-state index contributed by atoms with van der Waals surface area (Å²) in [6.07, 6.45) is 0. The average molecular weight is 705 g/mol. The Hall–Kier alpha value is -4.08. The first-order valence-corrected chi connectivity index (χ1v) is 18.1. The Bertz CT molecular complexity index is 2180. The number of nitrogens with one attached hydrogen (secondary N) is 2. The van der Waals surface area contributed by atoms with Crippen molar-refractivity contribution in [3.05, 3.63) is 53.4 Å². The Morgan fingerprint density at radius 2 is 1.60 bits per heavy atom. The summed E-state index contributed by atoms with van der Waals surface area (Å²) >= 11 is 0. The lowest BCUT2D eigenvalue weighted by atomic mass is 10.1. The van der Waals surface area contributed by atoms with Gasteiger partial charge in [0, 0.05) is 34.8 Å². The molecule has 0 fully saturated rings. The zero-order valence-corrected chi connectivity index (χ0v) is 26.2. The highest BCUT2D eigenvalue weighted by Gasteiger charge is 2.24. The van der Waals surface area contributed by atoms with Crippen molar-refractivity contribution >= 4 is 74.3 Å². The number of nitriles is 1. The lowest BCUT2D eigenvalue weighted by Gasteiger charge is -2.15. The van der Waals surface area contributed by atoms with Gasteiger partial charge in [0.2, 0.25) is 0 Å². The lowest BCUT2D eigenvalue weighted by Crippen LogP contribution is -2.17. The van der Waals surface area contributed by atoms with Crippen molar-refractivity contribution in [1.29, 1.82) is 5.26 Å². The summed E-state index contributed by atoms with van der Waals surface area (Å²) in [5.41, 5.74) is -0.749. The Morgan fingerprint density at radius 1 is 0.933 bits per heavy atom. The third kappa shape index (κ3) is 8.99. The number of sulfone groups is 1. The van der Waals surface area contributed by atoms with Crippen molar-refractivity contribution in [1.82, 2.24) is 4.98 Å². The van der Waals surface area contributed by atoms with Gasteiger partial charge >= 0.3 is 10.4 Å². The van der Waals surface area contributed by atoms with E-state index in [2.05, 4.69) is 36.6 Å². The molecule has 0 radical (unpaired) electrons. The van der Waals surface area contributed by atoms with Crippen LogP contribution in [-0.4, -0.2) is 77.8 Å². The van der Waals surface area contributed by atoms with Crippen LogP contribution in [0, 0.1) is 18.3 Å². The second kappa shape index (κ2) is 13.5. The van der Waals surface area contributed by atoms with Crippen LogP contribution in [-0.2, 0) is 44.7 Å². The minimum absolute atomic E-state index is 0.0754. The monoisotopic (exact) mass is 704 g/mol. The van der Waals surface area contributed by atoms with Gasteiger partial charge in [-0.1, -0.05) is 24.8 Å². The molecule has 2 aromatic carbocycles. The van der Waals surface area contributed by atoms with E-state index in [0.717, 1.165) is 35.7 Å². The molecule has 3 rings (SSSR count). The van der Waals surface area contributed by atoms with Crippen molar-refractivity contribution in [2.75, 3.05) is 36.1 Å². The van der Waals surface area contributed by atoms with E-state index in [0.29, 0.717) is 0 Å². The highest BCUT2D eigenvalue weighted by Crippen LogP contribution is 2.38. The number of azo groups is 1. The van der Waals surface area contributed by atoms with Gasteiger partial charge in [0.25, 0.3) is 20.2 Å². The molecule has 3 aromatic rings. The quantitative estimate of drug-likeness (QED) is 0.0915. The summed E-state index contributed by atoms with van der Waals surface area (Å²) in [6, 6.07) is 7.28. The van der Waals surface area contributed by atoms with Crippen LogP contribution < -0.4 is 10.6 Å². The first-order valence-electron chi connectivity index (χ1n) is 12.1. The topological polar surface area (TPSA) is 292 Å². The molecule has 0 saturated carbocycles. The number of rotatable bonds is 14. The zero-order chi connectivity index (χ0) is 33.8. The smallest absolute Gasteiger partial charge is 0.368 e. The standard InChI is InChI=1S/C23H24N6O12S4/c1-3-42(30,31)12-10-26-22-17(13-24)14(2)20(23(27-22)25-9-11-41-45(38,39)40)29-28-18-8-7-15-16(21(18)44(35,36)37)5-4-6-19(15)43(32,33)34/h3-8H,1,9-12H2,2H3,(H2,25,26,27)(H,32,33,34)(H,35,36,37)(H,38,39,40)/b29-28+. The molecule has 5 N–H and O–H groups in total. The summed E-state index contributed by atoms with van der Waals surface area (Å²) in [7, 11) is -18.3. The Kier molecular flexibility index (Phi) is 10.6. The SMILES string of the molecule is C=CS(=O)(=O)CCNc1nc(NCCOS(=O)(=O)O)c(/N=N/c2ccc3c(S(=O)(=O)O)cccc3c2S(=O)(=O)O)c(C)c1C#N. The molecule has 45 heavy (non-hydrogen) atoms. The molecule has 0 aliphatic carbocycles. The molecule has 0 saturated heterocycles. The summed E-state index contributed by atoms with van der Waals surface area (Å²) in [4.78, 5) is 2.70. The van der Waals surface area contributed by atoms with Crippen molar-refractivity contribution < 1.29 is 51.5 Å². The van der Waals surface area contributed by atoms with Crippen LogP contribution in [0.25, 0.3) is 10.8 Å². The maximum atomic E-state index is 12.4. The normalized spacial score (nSPS) is 12.7. The number of hydrogen-bond donors (Lipinski definition) is 5. The molecule has 18 nitrogen and oxygen atoms in total. The summed E-state index contributed by atoms with van der Waals surface area (Å²) in [5, 5.41) is 23.2. The van der Waals surface area contributed by atoms with Crippen LogP contribution in [0.15, 0.2) is 62.3 Å². The number of nitrogens with zero attached hydrogens (tertiary/aromatic N) is 4. The fraction of sp³-hybridized carbons (Fsp3) is 0.217. The van der Waals surface area contributed by atoms with Gasteiger partial charge in [0.15, 0.2) is 15.7 Å². The van der Waals surface area contributed by atoms with Gasteiger partial charge in [-0.05, 0) is 19.1 Å². The van der Waals surface area contributed by atoms with Gasteiger partial charge in [-0.2, -0.15) is 30.5 Å². The summed E-state index contributed by atoms with van der Waals surface area (Å²) in [6.45, 7) is 3.46. The van der Waals surface area contributed by atoms with E-state index >= 15 is 0 Å². The third-order valence-electron chi connectivity index (χ3n) is 5.83. The van der Waals surface area contributed by atoms with Gasteiger partial charge < -0.3 is 10.6 Å². The molecule has 1 aromatic heterocycles. The first kappa shape index (κ1) is 35.4. The highest BCUT2D eigenvalue weighted by molar-refractivity contribution is 7.94. The molecule has 0 aliphatic rings. The number of anilines is 2. The van der Waals surface area contributed by atoms with E-state index in [1.807, 2.05) is 6.07 Å². The van der Waals surface area contributed by atoms with E-state index in [1.165, 1.54) is 6.92 Å². The summed E-state index contributed by atoms with van der Waals surface area (Å²) in [5.74, 6) is -0.714. The van der Waals surface area contributed by atoms with E-state index < -0.39 is 68.3 Å². The maximum Gasteiger partial charge on any atom is 0.397 e. The van der Waals surface area contributed by atoms with Crippen LogP contribution in [0.2, 0.25) is 0 Å². The minimum atomic E-state index is -5.10. The first-order chi connectivity index (χ1) is 20.8. The second-order valence-electron chi connectivity index (χ2n) is 8.82. The van der Waals surface area contributed by atoms with E-state index in [9.17, 15) is 48.0 Å². The predicted molar refractivity (Wildman–Crippen MR) is 160 cm³/mol. The predicted octanol–water partition coefficient (Wildman–Crippen LogP) is 2.53. The molecule has 22 heteroatoms. The molecule has 0 bridgehead atoms. The van der Waals surface area contributed by atoms with Crippen LogP contribution in [0.3, 0.4) is 0 Å². The van der Waals surface area contributed by atoms with Crippen molar-refractivity contribution in [2.45, 2.75) is 16.7 Å². The Morgan fingerprint density at radius 3 is 2.18 bits per heavy atom. The molecule has 0 unspecified atom stereocenters. The average Bonchev–Trinajstić information content (AvgIpc) is 2.92. The molecule has 0 spiro atoms. The van der Waals surface area contributed by atoms with Crippen LogP contribution in [0.5, 0.6) is 0 Å². The van der Waals surface area contributed by atoms with Gasteiger partial charge in [-0.25, -0.2) is 17.6 Å². The number of aromatic nitrogens is 1. The molecule has 242 valence electrons. The van der Waals surface area contributed by atoms with Crippen LogP contribution >= 0.6 is 0 Å². The maximum absolute atomic E-state index is 12.4.